The van der Waals surface area contributed by atoms with Gasteiger partial charge in [-0.25, -0.2) is 9.67 Å². The van der Waals surface area contributed by atoms with Crippen molar-refractivity contribution in [3.8, 4) is 0 Å². The van der Waals surface area contributed by atoms with Gasteiger partial charge in [0, 0.05) is 19.6 Å². The maximum Gasteiger partial charge on any atom is 0.191 e. The molecule has 1 aliphatic heterocycles. The third kappa shape index (κ3) is 4.80. The minimum atomic E-state index is 0. The first-order valence-corrected chi connectivity index (χ1v) is 9.75. The molecule has 3 unspecified atom stereocenters. The van der Waals surface area contributed by atoms with Crippen LogP contribution in [0.2, 0.25) is 0 Å². The number of halogens is 1. The van der Waals surface area contributed by atoms with Gasteiger partial charge in [-0.05, 0) is 50.5 Å². The normalized spacial score (nSPS) is 23.9. The second-order valence-electron chi connectivity index (χ2n) is 7.31. The highest BCUT2D eigenvalue weighted by molar-refractivity contribution is 14.0. The summed E-state index contributed by atoms with van der Waals surface area (Å²) < 4.78 is 2.03. The molecule has 0 radical (unpaired) electrons. The first-order valence-electron chi connectivity index (χ1n) is 9.75. The minimum Gasteiger partial charge on any atom is -0.357 e. The summed E-state index contributed by atoms with van der Waals surface area (Å²) in [7, 11) is 0. The van der Waals surface area contributed by atoms with Gasteiger partial charge in [-0.1, -0.05) is 30.3 Å². The van der Waals surface area contributed by atoms with Crippen LogP contribution in [0.5, 0.6) is 0 Å². The molecule has 146 valence electrons. The Morgan fingerprint density at radius 3 is 2.89 bits per heavy atom. The first kappa shape index (κ1) is 20.1. The number of hydrogen-bond acceptors (Lipinski definition) is 3. The van der Waals surface area contributed by atoms with Crippen LogP contribution in [0.3, 0.4) is 0 Å². The van der Waals surface area contributed by atoms with Crippen molar-refractivity contribution < 1.29 is 0 Å². The number of nitrogens with one attached hydrogen (secondary N) is 2. The molecular formula is C20H29IN6. The third-order valence-electron chi connectivity index (χ3n) is 5.27. The highest BCUT2D eigenvalue weighted by atomic mass is 127. The van der Waals surface area contributed by atoms with E-state index in [0.29, 0.717) is 11.8 Å². The van der Waals surface area contributed by atoms with Gasteiger partial charge in [-0.2, -0.15) is 5.10 Å². The minimum absolute atomic E-state index is 0. The van der Waals surface area contributed by atoms with Crippen LogP contribution in [0.25, 0.3) is 0 Å². The molecule has 0 saturated heterocycles. The lowest BCUT2D eigenvalue weighted by Gasteiger charge is -2.25. The molecule has 27 heavy (non-hydrogen) atoms. The molecule has 1 aromatic carbocycles. The number of aryl methyl sites for hydroxylation is 2. The topological polar surface area (TPSA) is 67.1 Å². The third-order valence-corrected chi connectivity index (χ3v) is 5.27. The van der Waals surface area contributed by atoms with Crippen LogP contribution in [-0.2, 0) is 6.54 Å². The smallest absolute Gasteiger partial charge is 0.191 e. The molecule has 1 fully saturated rings. The van der Waals surface area contributed by atoms with E-state index < -0.39 is 0 Å². The monoisotopic (exact) mass is 480 g/mol. The van der Waals surface area contributed by atoms with Crippen molar-refractivity contribution in [3.63, 3.8) is 0 Å². The Morgan fingerprint density at radius 1 is 1.30 bits per heavy atom. The molecule has 7 heteroatoms. The Balaban J connectivity index is 0.00000210. The second-order valence-corrected chi connectivity index (χ2v) is 7.31. The molecular weight excluding hydrogens is 451 g/mol. The molecule has 0 amide bonds. The summed E-state index contributed by atoms with van der Waals surface area (Å²) in [5, 5.41) is 11.5. The van der Waals surface area contributed by atoms with E-state index in [-0.39, 0.29) is 30.0 Å². The molecule has 3 atom stereocenters. The van der Waals surface area contributed by atoms with Crippen LogP contribution >= 0.6 is 24.0 Å². The zero-order valence-corrected chi connectivity index (χ0v) is 18.4. The van der Waals surface area contributed by atoms with Gasteiger partial charge in [0.05, 0.1) is 6.04 Å². The van der Waals surface area contributed by atoms with Gasteiger partial charge in [-0.3, -0.25) is 4.99 Å². The quantitative estimate of drug-likeness (QED) is 0.391. The molecule has 6 nitrogen and oxygen atoms in total. The summed E-state index contributed by atoms with van der Waals surface area (Å²) in [6.45, 7) is 6.75. The van der Waals surface area contributed by atoms with Crippen LogP contribution in [-0.4, -0.2) is 33.8 Å². The van der Waals surface area contributed by atoms with Crippen molar-refractivity contribution in [2.24, 2.45) is 10.9 Å². The fraction of sp³-hybridized carbons (Fsp3) is 0.550. The molecule has 2 N–H and O–H groups in total. The molecule has 0 bridgehead atoms. The summed E-state index contributed by atoms with van der Waals surface area (Å²) >= 11 is 0. The fourth-order valence-electron chi connectivity index (χ4n) is 3.86. The molecule has 1 aliphatic carbocycles. The Morgan fingerprint density at radius 2 is 2.11 bits per heavy atom. The fourth-order valence-corrected chi connectivity index (χ4v) is 3.86. The van der Waals surface area contributed by atoms with E-state index in [1.54, 1.807) is 0 Å². The van der Waals surface area contributed by atoms with E-state index >= 15 is 0 Å². The largest absolute Gasteiger partial charge is 0.357 e. The van der Waals surface area contributed by atoms with Crippen LogP contribution < -0.4 is 10.6 Å². The lowest BCUT2D eigenvalue weighted by molar-refractivity contribution is 0.397. The molecule has 0 spiro atoms. The number of aromatic nitrogens is 3. The molecule has 1 saturated carbocycles. The Bertz CT molecular complexity index is 772. The van der Waals surface area contributed by atoms with Crippen molar-refractivity contribution in [1.82, 2.24) is 25.4 Å². The number of rotatable bonds is 5. The SMILES string of the molecule is CCNC(=NCC1CC1c1ccccc1)NC1CCCn2nc(C)nc21.I. The molecule has 4 rings (SSSR count). The van der Waals surface area contributed by atoms with Crippen LogP contribution in [0, 0.1) is 12.8 Å². The Hall–Kier alpha value is -1.64. The molecule has 2 heterocycles. The number of nitrogens with zero attached hydrogens (tertiary/aromatic N) is 4. The summed E-state index contributed by atoms with van der Waals surface area (Å²) in [4.78, 5) is 9.47. The predicted molar refractivity (Wildman–Crippen MR) is 119 cm³/mol. The first-order chi connectivity index (χ1) is 12.7. The van der Waals surface area contributed by atoms with E-state index in [4.69, 9.17) is 4.99 Å². The summed E-state index contributed by atoms with van der Waals surface area (Å²) in [5.74, 6) is 4.10. The van der Waals surface area contributed by atoms with E-state index in [2.05, 4.69) is 58.0 Å². The van der Waals surface area contributed by atoms with Gasteiger partial charge in [-0.15, -0.1) is 24.0 Å². The summed E-state index contributed by atoms with van der Waals surface area (Å²) in [6.07, 6.45) is 3.42. The maximum absolute atomic E-state index is 4.86. The molecule has 1 aromatic heterocycles. The van der Waals surface area contributed by atoms with E-state index in [0.717, 1.165) is 50.1 Å². The average molecular weight is 480 g/mol. The maximum atomic E-state index is 4.86. The van der Waals surface area contributed by atoms with E-state index in [9.17, 15) is 0 Å². The summed E-state index contributed by atoms with van der Waals surface area (Å²) in [5.41, 5.74) is 1.45. The van der Waals surface area contributed by atoms with E-state index in [1.165, 1.54) is 12.0 Å². The molecule has 2 aliphatic rings. The highest BCUT2D eigenvalue weighted by Crippen LogP contribution is 2.47. The van der Waals surface area contributed by atoms with Gasteiger partial charge >= 0.3 is 0 Å². The van der Waals surface area contributed by atoms with E-state index in [1.807, 2.05) is 11.6 Å². The average Bonchev–Trinajstić information content (AvgIpc) is 3.33. The standard InChI is InChI=1S/C20H28N6.HI/c1-3-21-20(22-13-16-12-17(16)15-8-5-4-6-9-15)24-18-10-7-11-26-19(18)23-14(2)25-26;/h4-6,8-9,16-18H,3,7,10-13H2,1-2H3,(H2,21,22,24);1H. The Kier molecular flexibility index (Phi) is 6.73. The number of fused-ring (bicyclic) bond motifs is 1. The van der Waals surface area contributed by atoms with Crippen molar-refractivity contribution in [3.05, 3.63) is 47.5 Å². The van der Waals surface area contributed by atoms with Gasteiger partial charge in [0.2, 0.25) is 0 Å². The van der Waals surface area contributed by atoms with Crippen molar-refractivity contribution in [2.45, 2.75) is 51.6 Å². The molecule has 2 aromatic rings. The highest BCUT2D eigenvalue weighted by Gasteiger charge is 2.37. The van der Waals surface area contributed by atoms with Gasteiger partial charge in [0.15, 0.2) is 5.96 Å². The van der Waals surface area contributed by atoms with Gasteiger partial charge in [0.25, 0.3) is 0 Å². The van der Waals surface area contributed by atoms with Crippen molar-refractivity contribution in [2.75, 3.05) is 13.1 Å². The second kappa shape index (κ2) is 9.03. The number of aliphatic imine (C=N–C) groups is 1. The lowest BCUT2D eigenvalue weighted by Crippen LogP contribution is -2.41. The Labute approximate surface area is 178 Å². The summed E-state index contributed by atoms with van der Waals surface area (Å²) in [6, 6.07) is 11.0. The van der Waals surface area contributed by atoms with Crippen molar-refractivity contribution in [1.29, 1.82) is 0 Å². The van der Waals surface area contributed by atoms with Crippen molar-refractivity contribution >= 4 is 29.9 Å². The zero-order chi connectivity index (χ0) is 17.9. The lowest BCUT2D eigenvalue weighted by atomic mass is 10.1. The predicted octanol–water partition coefficient (Wildman–Crippen LogP) is 3.40. The van der Waals surface area contributed by atoms with Crippen LogP contribution in [0.1, 0.15) is 55.4 Å². The number of benzene rings is 1. The zero-order valence-electron chi connectivity index (χ0n) is 16.1. The van der Waals surface area contributed by atoms with Crippen LogP contribution in [0.4, 0.5) is 0 Å². The number of guanidine groups is 1. The van der Waals surface area contributed by atoms with Gasteiger partial charge < -0.3 is 10.6 Å². The number of hydrogen-bond donors (Lipinski definition) is 2. The van der Waals surface area contributed by atoms with Gasteiger partial charge in [0.1, 0.15) is 11.6 Å². The van der Waals surface area contributed by atoms with Crippen LogP contribution in [0.15, 0.2) is 35.3 Å².